The molecule has 0 bridgehead atoms. The van der Waals surface area contributed by atoms with Crippen LogP contribution in [0.25, 0.3) is 11.2 Å². The summed E-state index contributed by atoms with van der Waals surface area (Å²) < 4.78 is 54.6. The lowest BCUT2D eigenvalue weighted by Gasteiger charge is -2.18. The maximum atomic E-state index is 13.7. The van der Waals surface area contributed by atoms with Gasteiger partial charge in [0.2, 0.25) is 5.95 Å². The van der Waals surface area contributed by atoms with Crippen molar-refractivity contribution < 1.29 is 42.2 Å². The van der Waals surface area contributed by atoms with Crippen molar-refractivity contribution in [2.24, 2.45) is 0 Å². The molecule has 3 aromatic rings. The number of aromatic nitrogens is 4. The monoisotopic (exact) mass is 526 g/mol. The molecular formula is C20H18F4N8O5. The number of carboxylic acids is 2. The summed E-state index contributed by atoms with van der Waals surface area (Å²) >= 11 is 0. The Hall–Kier alpha value is -4.83. The van der Waals surface area contributed by atoms with Crippen LogP contribution < -0.4 is 22.1 Å². The summed E-state index contributed by atoms with van der Waals surface area (Å²) in [4.78, 5) is 50.0. The van der Waals surface area contributed by atoms with Crippen LogP contribution in [-0.4, -0.2) is 60.2 Å². The van der Waals surface area contributed by atoms with Gasteiger partial charge in [-0.2, -0.15) is 23.1 Å². The van der Waals surface area contributed by atoms with Crippen molar-refractivity contribution in [1.29, 1.82) is 0 Å². The zero-order chi connectivity index (χ0) is 27.5. The van der Waals surface area contributed by atoms with Gasteiger partial charge in [-0.1, -0.05) is 0 Å². The minimum absolute atomic E-state index is 0.0784. The molecule has 0 spiro atoms. The number of nitrogens with two attached hydrogens (primary N) is 2. The first-order chi connectivity index (χ1) is 17.3. The number of anilines is 3. The molecule has 13 nitrogen and oxygen atoms in total. The number of nitrogen functional groups attached to an aromatic ring is 2. The molecule has 8 N–H and O–H groups in total. The summed E-state index contributed by atoms with van der Waals surface area (Å²) in [5.41, 5.74) is 9.23. The normalized spacial score (nSPS) is 13.1. The van der Waals surface area contributed by atoms with Gasteiger partial charge in [-0.15, -0.1) is 0 Å². The number of nitrogens with one attached hydrogen (secondary N) is 2. The van der Waals surface area contributed by atoms with E-state index in [1.54, 1.807) is 0 Å². The van der Waals surface area contributed by atoms with E-state index in [-0.39, 0.29) is 35.2 Å². The summed E-state index contributed by atoms with van der Waals surface area (Å²) in [6.07, 6.45) is -7.45. The second kappa shape index (κ2) is 10.4. The fourth-order valence-corrected chi connectivity index (χ4v) is 3.10. The predicted molar refractivity (Wildman–Crippen MR) is 119 cm³/mol. The van der Waals surface area contributed by atoms with Crippen LogP contribution in [-0.2, 0) is 22.3 Å². The number of nitrogens with zero attached hydrogens (tertiary/aromatic N) is 4. The van der Waals surface area contributed by atoms with Gasteiger partial charge in [0, 0.05) is 17.7 Å². The Morgan fingerprint density at radius 2 is 1.76 bits per heavy atom. The van der Waals surface area contributed by atoms with E-state index in [1.807, 2.05) is 5.32 Å². The van der Waals surface area contributed by atoms with Gasteiger partial charge in [0.05, 0.1) is 24.0 Å². The van der Waals surface area contributed by atoms with Crippen LogP contribution in [0.4, 0.5) is 35.0 Å². The molecule has 0 aliphatic heterocycles. The number of rotatable bonds is 9. The van der Waals surface area contributed by atoms with E-state index in [4.69, 9.17) is 21.7 Å². The lowest BCUT2D eigenvalue weighted by molar-refractivity contribution is -0.145. The maximum absolute atomic E-state index is 13.7. The Balaban J connectivity index is 1.82. The molecule has 196 valence electrons. The van der Waals surface area contributed by atoms with E-state index in [9.17, 15) is 31.9 Å². The zero-order valence-corrected chi connectivity index (χ0v) is 18.5. The second-order valence-electron chi connectivity index (χ2n) is 7.52. The Morgan fingerprint density at radius 1 is 1.05 bits per heavy atom. The van der Waals surface area contributed by atoms with Crippen molar-refractivity contribution in [3.8, 4) is 0 Å². The average molecular weight is 526 g/mol. The Labute approximate surface area is 203 Å². The van der Waals surface area contributed by atoms with Crippen LogP contribution >= 0.6 is 0 Å². The molecule has 1 aromatic carbocycles. The van der Waals surface area contributed by atoms with E-state index in [1.165, 1.54) is 6.20 Å². The summed E-state index contributed by atoms with van der Waals surface area (Å²) in [7, 11) is 0. The lowest BCUT2D eigenvalue weighted by atomic mass is 10.1. The van der Waals surface area contributed by atoms with Gasteiger partial charge >= 0.3 is 18.1 Å². The average Bonchev–Trinajstić information content (AvgIpc) is 2.81. The maximum Gasteiger partial charge on any atom is 0.418 e. The molecule has 0 fully saturated rings. The molecular weight excluding hydrogens is 508 g/mol. The first kappa shape index (κ1) is 26.8. The summed E-state index contributed by atoms with van der Waals surface area (Å²) in [5.74, 6) is -5.21. The van der Waals surface area contributed by atoms with E-state index in [0.717, 1.165) is 12.1 Å². The van der Waals surface area contributed by atoms with Gasteiger partial charge in [0.15, 0.2) is 23.2 Å². The molecule has 37 heavy (non-hydrogen) atoms. The SMILES string of the molecule is Nc1nc(N)c2nc(CNc3ccc(C(=O)N[C@@H](C[C@H](F)C(=O)O)C(=O)O)cc3C(F)(F)F)cnc2n1. The Kier molecular flexibility index (Phi) is 7.54. The molecule has 1 amide bonds. The number of carboxylic acid groups (broad SMARTS) is 2. The quantitative estimate of drug-likeness (QED) is 0.217. The number of benzene rings is 1. The highest BCUT2D eigenvalue weighted by molar-refractivity contribution is 5.97. The highest BCUT2D eigenvalue weighted by Gasteiger charge is 2.35. The fourth-order valence-electron chi connectivity index (χ4n) is 3.10. The second-order valence-corrected chi connectivity index (χ2v) is 7.52. The van der Waals surface area contributed by atoms with Crippen LogP contribution in [0.15, 0.2) is 24.4 Å². The molecule has 2 heterocycles. The lowest BCUT2D eigenvalue weighted by Crippen LogP contribution is -2.43. The molecule has 2 aromatic heterocycles. The van der Waals surface area contributed by atoms with Gasteiger partial charge in [-0.05, 0) is 18.2 Å². The predicted octanol–water partition coefficient (Wildman–Crippen LogP) is 1.21. The Morgan fingerprint density at radius 3 is 2.38 bits per heavy atom. The number of carbonyl (C=O) groups is 3. The third kappa shape index (κ3) is 6.44. The first-order valence-corrected chi connectivity index (χ1v) is 10.2. The highest BCUT2D eigenvalue weighted by atomic mass is 19.4. The number of halogens is 4. The van der Waals surface area contributed by atoms with Crippen LogP contribution in [0.1, 0.15) is 28.0 Å². The Bertz CT molecular complexity index is 1370. The summed E-state index contributed by atoms with van der Waals surface area (Å²) in [5, 5.41) is 22.0. The molecule has 2 atom stereocenters. The largest absolute Gasteiger partial charge is 0.480 e. The molecule has 0 saturated carbocycles. The number of amides is 1. The molecule has 0 unspecified atom stereocenters. The number of hydrogen-bond acceptors (Lipinski definition) is 10. The van der Waals surface area contributed by atoms with Gasteiger partial charge in [0.25, 0.3) is 5.91 Å². The number of fused-ring (bicyclic) bond motifs is 1. The van der Waals surface area contributed by atoms with Crippen molar-refractivity contribution >= 4 is 46.5 Å². The van der Waals surface area contributed by atoms with Crippen molar-refractivity contribution in [3.63, 3.8) is 0 Å². The van der Waals surface area contributed by atoms with E-state index < -0.39 is 59.5 Å². The number of hydrogen-bond donors (Lipinski definition) is 6. The zero-order valence-electron chi connectivity index (χ0n) is 18.5. The van der Waals surface area contributed by atoms with Gasteiger partial charge in [-0.25, -0.2) is 23.9 Å². The summed E-state index contributed by atoms with van der Waals surface area (Å²) in [6, 6.07) is 0.358. The van der Waals surface area contributed by atoms with Crippen molar-refractivity contribution in [2.45, 2.75) is 31.4 Å². The van der Waals surface area contributed by atoms with Gasteiger partial charge in [-0.3, -0.25) is 4.79 Å². The van der Waals surface area contributed by atoms with Crippen molar-refractivity contribution in [1.82, 2.24) is 25.3 Å². The third-order valence-corrected chi connectivity index (χ3v) is 4.86. The molecule has 0 saturated heterocycles. The number of aliphatic carboxylic acids is 2. The van der Waals surface area contributed by atoms with E-state index >= 15 is 0 Å². The number of alkyl halides is 4. The third-order valence-electron chi connectivity index (χ3n) is 4.86. The molecule has 0 aliphatic rings. The highest BCUT2D eigenvalue weighted by Crippen LogP contribution is 2.36. The minimum atomic E-state index is -4.94. The van der Waals surface area contributed by atoms with E-state index in [2.05, 4.69) is 25.3 Å². The van der Waals surface area contributed by atoms with Crippen LogP contribution in [0.5, 0.6) is 0 Å². The standard InChI is InChI=1S/C20H18F4N8O5/c21-10(17(34)35)4-12(18(36)37)30-16(33)7-1-2-11(9(3-7)20(22,23)24)27-5-8-6-28-15-13(29-8)14(25)31-19(26)32-15/h1-3,6,10,12,27H,4-5H2,(H,30,33)(H,34,35)(H,36,37)(H4,25,26,28,31,32)/t10-,12-/m0/s1. The smallest absolute Gasteiger partial charge is 0.418 e. The molecule has 3 rings (SSSR count). The van der Waals surface area contributed by atoms with Crippen molar-refractivity contribution in [2.75, 3.05) is 16.8 Å². The minimum Gasteiger partial charge on any atom is -0.480 e. The fraction of sp³-hybridized carbons (Fsp3) is 0.250. The van der Waals surface area contributed by atoms with Crippen LogP contribution in [0.3, 0.4) is 0 Å². The molecule has 17 heteroatoms. The number of carbonyl (C=O) groups excluding carboxylic acids is 1. The molecule has 0 aliphatic carbocycles. The first-order valence-electron chi connectivity index (χ1n) is 10.2. The van der Waals surface area contributed by atoms with Gasteiger partial charge in [0.1, 0.15) is 6.04 Å². The summed E-state index contributed by atoms with van der Waals surface area (Å²) in [6.45, 7) is -0.254. The van der Waals surface area contributed by atoms with E-state index in [0.29, 0.717) is 6.07 Å². The van der Waals surface area contributed by atoms with Gasteiger partial charge < -0.3 is 32.3 Å². The van der Waals surface area contributed by atoms with Crippen molar-refractivity contribution in [3.05, 3.63) is 41.2 Å². The van der Waals surface area contributed by atoms with Crippen LogP contribution in [0, 0.1) is 0 Å². The van der Waals surface area contributed by atoms with Crippen LogP contribution in [0.2, 0.25) is 0 Å². The molecule has 0 radical (unpaired) electrons. The topological polar surface area (TPSA) is 219 Å².